The average Bonchev–Trinajstić information content (AvgIpc) is 1.89. The van der Waals surface area contributed by atoms with Crippen molar-refractivity contribution in [2.24, 2.45) is 0 Å². The maximum Gasteiger partial charge on any atom is 0.139 e. The molecule has 0 bridgehead atoms. The number of carbonyl (C=O) groups is 1. The topological polar surface area (TPSA) is 29.5 Å². The van der Waals surface area contributed by atoms with Crippen molar-refractivity contribution >= 4 is 6.29 Å². The van der Waals surface area contributed by atoms with Gasteiger partial charge >= 0.3 is 0 Å². The highest BCUT2D eigenvalue weighted by Crippen LogP contribution is 1.99. The molecule has 1 aliphatic heterocycles. The Morgan fingerprint density at radius 3 is 3.00 bits per heavy atom. The second-order valence-electron chi connectivity index (χ2n) is 2.26. The van der Waals surface area contributed by atoms with E-state index in [0.29, 0.717) is 6.61 Å². The Balaban J connectivity index is 2.38. The number of hydrogen-bond donors (Lipinski definition) is 0. The first-order valence-electron chi connectivity index (χ1n) is 3.08. The molecule has 0 spiro atoms. The van der Waals surface area contributed by atoms with Gasteiger partial charge in [0, 0.05) is 6.54 Å². The van der Waals surface area contributed by atoms with Gasteiger partial charge in [-0.3, -0.25) is 4.90 Å². The van der Waals surface area contributed by atoms with Crippen LogP contribution in [0.2, 0.25) is 0 Å². The Morgan fingerprint density at radius 1 is 1.78 bits per heavy atom. The Labute approximate surface area is 54.6 Å². The molecule has 3 nitrogen and oxygen atoms in total. The summed E-state index contributed by atoms with van der Waals surface area (Å²) in [7, 11) is 1.93. The number of nitrogens with zero attached hydrogens (tertiary/aromatic N) is 1. The third-order valence-electron chi connectivity index (χ3n) is 1.60. The maximum atomic E-state index is 10.2. The van der Waals surface area contributed by atoms with E-state index in [-0.39, 0.29) is 6.04 Å². The van der Waals surface area contributed by atoms with E-state index in [0.717, 1.165) is 19.4 Å². The summed E-state index contributed by atoms with van der Waals surface area (Å²) in [5.41, 5.74) is 0. The molecule has 1 heterocycles. The molecule has 0 aliphatic carbocycles. The lowest BCUT2D eigenvalue weighted by Gasteiger charge is -2.27. The van der Waals surface area contributed by atoms with Gasteiger partial charge in [-0.2, -0.15) is 0 Å². The van der Waals surface area contributed by atoms with Gasteiger partial charge in [-0.25, -0.2) is 0 Å². The number of morpholine rings is 1. The molecule has 9 heavy (non-hydrogen) atoms. The van der Waals surface area contributed by atoms with Crippen molar-refractivity contribution in [2.45, 2.75) is 6.04 Å². The summed E-state index contributed by atoms with van der Waals surface area (Å²) in [4.78, 5) is 12.2. The van der Waals surface area contributed by atoms with Crippen LogP contribution < -0.4 is 0 Å². The Kier molecular flexibility index (Phi) is 2.19. The summed E-state index contributed by atoms with van der Waals surface area (Å²) in [6.07, 6.45) is 0.930. The third-order valence-corrected chi connectivity index (χ3v) is 1.60. The van der Waals surface area contributed by atoms with E-state index in [1.165, 1.54) is 0 Å². The van der Waals surface area contributed by atoms with E-state index >= 15 is 0 Å². The molecule has 1 aliphatic rings. The van der Waals surface area contributed by atoms with Crippen molar-refractivity contribution in [3.8, 4) is 0 Å². The zero-order chi connectivity index (χ0) is 6.69. The van der Waals surface area contributed by atoms with Gasteiger partial charge in [-0.1, -0.05) is 0 Å². The smallest absolute Gasteiger partial charge is 0.139 e. The van der Waals surface area contributed by atoms with Crippen LogP contribution in [0.4, 0.5) is 0 Å². The predicted molar refractivity (Wildman–Crippen MR) is 33.3 cm³/mol. The number of carbonyl (C=O) groups excluding carboxylic acids is 1. The van der Waals surface area contributed by atoms with Crippen molar-refractivity contribution in [2.75, 3.05) is 26.8 Å². The Hall–Kier alpha value is -0.410. The molecule has 0 amide bonds. The predicted octanol–water partition coefficient (Wildman–Crippen LogP) is -0.484. The first-order valence-corrected chi connectivity index (χ1v) is 3.08. The molecular formula is C6H11NO2. The molecule has 0 N–H and O–H groups in total. The molecule has 1 saturated heterocycles. The van der Waals surface area contributed by atoms with E-state index in [2.05, 4.69) is 0 Å². The highest BCUT2D eigenvalue weighted by atomic mass is 16.5. The van der Waals surface area contributed by atoms with Crippen LogP contribution in [-0.2, 0) is 9.53 Å². The van der Waals surface area contributed by atoms with Crippen LogP contribution in [0, 0.1) is 0 Å². The monoisotopic (exact) mass is 129 g/mol. The average molecular weight is 129 g/mol. The van der Waals surface area contributed by atoms with E-state index in [1.54, 1.807) is 0 Å². The van der Waals surface area contributed by atoms with Gasteiger partial charge in [0.15, 0.2) is 0 Å². The van der Waals surface area contributed by atoms with Crippen LogP contribution in [0.5, 0.6) is 0 Å². The van der Waals surface area contributed by atoms with E-state index in [1.807, 2.05) is 11.9 Å². The van der Waals surface area contributed by atoms with Crippen molar-refractivity contribution in [3.05, 3.63) is 0 Å². The molecule has 0 radical (unpaired) electrons. The fraction of sp³-hybridized carbons (Fsp3) is 0.833. The minimum absolute atomic E-state index is 0.0150. The normalized spacial score (nSPS) is 30.1. The zero-order valence-corrected chi connectivity index (χ0v) is 5.54. The minimum atomic E-state index is -0.0150. The molecule has 3 heteroatoms. The molecule has 0 aromatic carbocycles. The Bertz CT molecular complexity index is 105. The van der Waals surface area contributed by atoms with Crippen LogP contribution in [0.25, 0.3) is 0 Å². The molecule has 0 aromatic heterocycles. The highest BCUT2D eigenvalue weighted by molar-refractivity contribution is 5.57. The van der Waals surface area contributed by atoms with Crippen molar-refractivity contribution in [1.82, 2.24) is 4.90 Å². The first kappa shape index (κ1) is 6.71. The van der Waals surface area contributed by atoms with Gasteiger partial charge in [-0.15, -0.1) is 0 Å². The SMILES string of the molecule is CN1CCOC[C@H]1C=O. The fourth-order valence-electron chi connectivity index (χ4n) is 0.849. The second-order valence-corrected chi connectivity index (χ2v) is 2.26. The summed E-state index contributed by atoms with van der Waals surface area (Å²) >= 11 is 0. The first-order chi connectivity index (χ1) is 4.34. The highest BCUT2D eigenvalue weighted by Gasteiger charge is 2.17. The lowest BCUT2D eigenvalue weighted by Crippen LogP contribution is -2.43. The second kappa shape index (κ2) is 2.94. The van der Waals surface area contributed by atoms with Crippen LogP contribution >= 0.6 is 0 Å². The van der Waals surface area contributed by atoms with Crippen molar-refractivity contribution in [1.29, 1.82) is 0 Å². The van der Waals surface area contributed by atoms with E-state index in [9.17, 15) is 4.79 Å². The number of hydrogen-bond acceptors (Lipinski definition) is 3. The summed E-state index contributed by atoms with van der Waals surface area (Å²) in [6, 6.07) is -0.0150. The van der Waals surface area contributed by atoms with Crippen LogP contribution in [0.3, 0.4) is 0 Å². The van der Waals surface area contributed by atoms with Gasteiger partial charge in [0.05, 0.1) is 19.3 Å². The standard InChI is InChI=1S/C6H11NO2/c1-7-2-3-9-5-6(7)4-8/h4,6H,2-3,5H2,1H3/t6-/m1/s1. The molecule has 1 atom stereocenters. The van der Waals surface area contributed by atoms with Crippen molar-refractivity contribution < 1.29 is 9.53 Å². The molecule has 0 saturated carbocycles. The summed E-state index contributed by atoms with van der Waals surface area (Å²) in [5, 5.41) is 0. The van der Waals surface area contributed by atoms with Crippen molar-refractivity contribution in [3.63, 3.8) is 0 Å². The summed E-state index contributed by atoms with van der Waals surface area (Å²) in [5.74, 6) is 0. The molecule has 52 valence electrons. The Morgan fingerprint density at radius 2 is 2.56 bits per heavy atom. The summed E-state index contributed by atoms with van der Waals surface area (Å²) in [6.45, 7) is 2.17. The molecule has 0 unspecified atom stereocenters. The fourth-order valence-corrected chi connectivity index (χ4v) is 0.849. The number of aldehydes is 1. The minimum Gasteiger partial charge on any atom is -0.378 e. The van der Waals surface area contributed by atoms with Gasteiger partial charge in [-0.05, 0) is 7.05 Å². The number of likely N-dealkylation sites (N-methyl/N-ethyl adjacent to an activating group) is 1. The van der Waals surface area contributed by atoms with Gasteiger partial charge in [0.1, 0.15) is 6.29 Å². The molecule has 1 rings (SSSR count). The molecule has 0 aromatic rings. The number of rotatable bonds is 1. The van der Waals surface area contributed by atoms with Crippen LogP contribution in [0.15, 0.2) is 0 Å². The lowest BCUT2D eigenvalue weighted by atomic mass is 10.3. The zero-order valence-electron chi connectivity index (χ0n) is 5.54. The summed E-state index contributed by atoms with van der Waals surface area (Å²) < 4.78 is 5.07. The quantitative estimate of drug-likeness (QED) is 0.448. The third kappa shape index (κ3) is 1.50. The van der Waals surface area contributed by atoms with E-state index in [4.69, 9.17) is 4.74 Å². The van der Waals surface area contributed by atoms with Crippen LogP contribution in [0.1, 0.15) is 0 Å². The van der Waals surface area contributed by atoms with Gasteiger partial charge in [0.25, 0.3) is 0 Å². The lowest BCUT2D eigenvalue weighted by molar-refractivity contribution is -0.117. The molecular weight excluding hydrogens is 118 g/mol. The largest absolute Gasteiger partial charge is 0.378 e. The number of ether oxygens (including phenoxy) is 1. The van der Waals surface area contributed by atoms with Crippen LogP contribution in [-0.4, -0.2) is 44.0 Å². The molecule has 1 fully saturated rings. The maximum absolute atomic E-state index is 10.2. The van der Waals surface area contributed by atoms with Gasteiger partial charge < -0.3 is 9.53 Å². The van der Waals surface area contributed by atoms with E-state index < -0.39 is 0 Å². The van der Waals surface area contributed by atoms with Gasteiger partial charge in [0.2, 0.25) is 0 Å².